The van der Waals surface area contributed by atoms with E-state index in [9.17, 15) is 13.2 Å². The van der Waals surface area contributed by atoms with Crippen LogP contribution in [0.2, 0.25) is 0 Å². The monoisotopic (exact) mass is 454 g/mol. The lowest BCUT2D eigenvalue weighted by Gasteiger charge is -2.17. The molecule has 0 aliphatic heterocycles. The van der Waals surface area contributed by atoms with Crippen LogP contribution < -0.4 is 16.0 Å². The highest BCUT2D eigenvalue weighted by Gasteiger charge is 2.19. The molecule has 0 spiro atoms. The quantitative estimate of drug-likeness (QED) is 0.569. The van der Waals surface area contributed by atoms with E-state index in [1.165, 1.54) is 20.2 Å². The van der Waals surface area contributed by atoms with Gasteiger partial charge in [-0.2, -0.15) is 0 Å². The average Bonchev–Trinajstić information content (AvgIpc) is 2.62. The molecule has 1 amide bonds. The zero-order valence-electron chi connectivity index (χ0n) is 15.4. The molecule has 0 saturated carbocycles. The Hall–Kier alpha value is -2.10. The molecule has 2 aromatic rings. The second kappa shape index (κ2) is 9.20. The zero-order chi connectivity index (χ0) is 20.0. The van der Waals surface area contributed by atoms with Crippen LogP contribution in [0.1, 0.15) is 6.92 Å². The van der Waals surface area contributed by atoms with Gasteiger partial charge in [-0.15, -0.1) is 0 Å². The fraction of sp³-hybridized carbons (Fsp3) is 0.278. The molecule has 2 rings (SSSR count). The normalized spacial score (nSPS) is 11.3. The number of rotatable bonds is 8. The predicted octanol–water partition coefficient (Wildman–Crippen LogP) is 3.18. The summed E-state index contributed by atoms with van der Waals surface area (Å²) in [7, 11) is -0.605. The molecule has 0 aromatic heterocycles. The van der Waals surface area contributed by atoms with Crippen molar-refractivity contribution in [2.45, 2.75) is 11.8 Å². The SMILES string of the molecule is CCNc1ccc(S(=O)(=O)N(C)C)cc1NCC(=O)Nc1ccc(Br)cc1. The minimum atomic E-state index is -3.56. The van der Waals surface area contributed by atoms with Gasteiger partial charge in [0, 0.05) is 30.8 Å². The van der Waals surface area contributed by atoms with Crippen LogP contribution >= 0.6 is 15.9 Å². The Morgan fingerprint density at radius 2 is 1.70 bits per heavy atom. The first-order valence-corrected chi connectivity index (χ1v) is 10.6. The first-order valence-electron chi connectivity index (χ1n) is 8.33. The van der Waals surface area contributed by atoms with Crippen molar-refractivity contribution in [1.82, 2.24) is 4.31 Å². The van der Waals surface area contributed by atoms with Crippen LogP contribution in [-0.4, -0.2) is 45.8 Å². The molecule has 9 heteroatoms. The molecule has 3 N–H and O–H groups in total. The number of carbonyl (C=O) groups is 1. The van der Waals surface area contributed by atoms with E-state index in [-0.39, 0.29) is 17.3 Å². The largest absolute Gasteiger partial charge is 0.384 e. The third-order valence-electron chi connectivity index (χ3n) is 3.70. The van der Waals surface area contributed by atoms with E-state index in [4.69, 9.17) is 0 Å². The van der Waals surface area contributed by atoms with Crippen LogP contribution in [0.5, 0.6) is 0 Å². The standard InChI is InChI=1S/C18H23BrN4O3S/c1-4-20-16-10-9-15(27(25,26)23(2)3)11-17(16)21-12-18(24)22-14-7-5-13(19)6-8-14/h5-11,20-21H,4,12H2,1-3H3,(H,22,24). The Morgan fingerprint density at radius 1 is 1.04 bits per heavy atom. The van der Waals surface area contributed by atoms with Gasteiger partial charge in [-0.25, -0.2) is 12.7 Å². The van der Waals surface area contributed by atoms with E-state index in [2.05, 4.69) is 31.9 Å². The number of sulfonamides is 1. The average molecular weight is 455 g/mol. The summed E-state index contributed by atoms with van der Waals surface area (Å²) in [6, 6.07) is 12.0. The third kappa shape index (κ3) is 5.69. The van der Waals surface area contributed by atoms with E-state index < -0.39 is 10.0 Å². The highest BCUT2D eigenvalue weighted by molar-refractivity contribution is 9.10. The van der Waals surface area contributed by atoms with Gasteiger partial charge in [-0.1, -0.05) is 15.9 Å². The van der Waals surface area contributed by atoms with Crippen LogP contribution in [0.4, 0.5) is 17.1 Å². The lowest BCUT2D eigenvalue weighted by atomic mass is 10.2. The number of nitrogens with one attached hydrogen (secondary N) is 3. The van der Waals surface area contributed by atoms with E-state index in [0.29, 0.717) is 17.9 Å². The third-order valence-corrected chi connectivity index (χ3v) is 6.04. The number of benzene rings is 2. The lowest BCUT2D eigenvalue weighted by molar-refractivity contribution is -0.114. The molecule has 0 heterocycles. The Labute approximate surface area is 168 Å². The van der Waals surface area contributed by atoms with E-state index >= 15 is 0 Å². The zero-order valence-corrected chi connectivity index (χ0v) is 17.8. The summed E-state index contributed by atoms with van der Waals surface area (Å²) in [5.74, 6) is -0.236. The Balaban J connectivity index is 2.15. The Morgan fingerprint density at radius 3 is 2.30 bits per heavy atom. The van der Waals surface area contributed by atoms with E-state index in [1.807, 2.05) is 19.1 Å². The van der Waals surface area contributed by atoms with E-state index in [1.54, 1.807) is 24.3 Å². The van der Waals surface area contributed by atoms with Crippen LogP contribution in [-0.2, 0) is 14.8 Å². The van der Waals surface area contributed by atoms with Crippen LogP contribution in [0.25, 0.3) is 0 Å². The molecule has 146 valence electrons. The second-order valence-electron chi connectivity index (χ2n) is 5.93. The first kappa shape index (κ1) is 21.2. The van der Waals surface area contributed by atoms with Crippen molar-refractivity contribution in [2.75, 3.05) is 43.1 Å². The summed E-state index contributed by atoms with van der Waals surface area (Å²) in [6.07, 6.45) is 0. The second-order valence-corrected chi connectivity index (χ2v) is 9.00. The van der Waals surface area contributed by atoms with Crippen molar-refractivity contribution in [1.29, 1.82) is 0 Å². The van der Waals surface area contributed by atoms with Crippen molar-refractivity contribution >= 4 is 48.9 Å². The van der Waals surface area contributed by atoms with Gasteiger partial charge in [0.05, 0.1) is 22.8 Å². The highest BCUT2D eigenvalue weighted by atomic mass is 79.9. The molecule has 0 unspecified atom stereocenters. The van der Waals surface area contributed by atoms with Gasteiger partial charge >= 0.3 is 0 Å². The maximum atomic E-state index is 12.4. The molecule has 27 heavy (non-hydrogen) atoms. The highest BCUT2D eigenvalue weighted by Crippen LogP contribution is 2.26. The summed E-state index contributed by atoms with van der Waals surface area (Å²) < 4.78 is 26.8. The van der Waals surface area contributed by atoms with Crippen molar-refractivity contribution in [3.05, 3.63) is 46.9 Å². The number of nitrogens with zero attached hydrogens (tertiary/aromatic N) is 1. The minimum Gasteiger partial charge on any atom is -0.384 e. The molecule has 0 fully saturated rings. The topological polar surface area (TPSA) is 90.5 Å². The maximum Gasteiger partial charge on any atom is 0.243 e. The number of hydrogen-bond acceptors (Lipinski definition) is 5. The number of hydrogen-bond donors (Lipinski definition) is 3. The summed E-state index contributed by atoms with van der Waals surface area (Å²) in [5.41, 5.74) is 1.96. The number of anilines is 3. The molecule has 0 aliphatic carbocycles. The fourth-order valence-corrected chi connectivity index (χ4v) is 3.49. The van der Waals surface area contributed by atoms with Crippen LogP contribution in [0.15, 0.2) is 51.8 Å². The first-order chi connectivity index (χ1) is 12.7. The van der Waals surface area contributed by atoms with Gasteiger partial charge < -0.3 is 16.0 Å². The number of amides is 1. The summed E-state index contributed by atoms with van der Waals surface area (Å²) in [5, 5.41) is 8.95. The predicted molar refractivity (Wildman–Crippen MR) is 113 cm³/mol. The molecule has 7 nitrogen and oxygen atoms in total. The van der Waals surface area contributed by atoms with Gasteiger partial charge in [-0.3, -0.25) is 4.79 Å². The van der Waals surface area contributed by atoms with Gasteiger partial charge in [0.15, 0.2) is 0 Å². The van der Waals surface area contributed by atoms with Crippen LogP contribution in [0, 0.1) is 0 Å². The fourth-order valence-electron chi connectivity index (χ4n) is 2.30. The molecule has 0 aliphatic rings. The minimum absolute atomic E-state index is 0.0000759. The van der Waals surface area contributed by atoms with Gasteiger partial charge in [0.2, 0.25) is 15.9 Å². The van der Waals surface area contributed by atoms with Crippen LogP contribution in [0.3, 0.4) is 0 Å². The molecule has 0 radical (unpaired) electrons. The van der Waals surface area contributed by atoms with E-state index in [0.717, 1.165) is 14.5 Å². The molecule has 0 atom stereocenters. The van der Waals surface area contributed by atoms with Crippen molar-refractivity contribution in [3.63, 3.8) is 0 Å². The number of carbonyl (C=O) groups excluding carboxylic acids is 1. The molecule has 0 bridgehead atoms. The molecular formula is C18H23BrN4O3S. The maximum absolute atomic E-state index is 12.4. The van der Waals surface area contributed by atoms with Crippen molar-refractivity contribution < 1.29 is 13.2 Å². The van der Waals surface area contributed by atoms with Gasteiger partial charge in [-0.05, 0) is 49.4 Å². The Kier molecular flexibility index (Phi) is 7.23. The van der Waals surface area contributed by atoms with Gasteiger partial charge in [0.25, 0.3) is 0 Å². The summed E-state index contributed by atoms with van der Waals surface area (Å²) in [6.45, 7) is 2.61. The molecule has 0 saturated heterocycles. The van der Waals surface area contributed by atoms with Crippen molar-refractivity contribution in [2.24, 2.45) is 0 Å². The summed E-state index contributed by atoms with van der Waals surface area (Å²) >= 11 is 3.34. The lowest BCUT2D eigenvalue weighted by Crippen LogP contribution is -2.24. The molecular weight excluding hydrogens is 432 g/mol. The van der Waals surface area contributed by atoms with Crippen molar-refractivity contribution in [3.8, 4) is 0 Å². The Bertz CT molecular complexity index is 899. The molecule has 2 aromatic carbocycles. The number of halogens is 1. The smallest absolute Gasteiger partial charge is 0.243 e. The summed E-state index contributed by atoms with van der Waals surface area (Å²) in [4.78, 5) is 12.4. The van der Waals surface area contributed by atoms with Gasteiger partial charge in [0.1, 0.15) is 0 Å².